The Morgan fingerprint density at radius 3 is 2.22 bits per heavy atom. The van der Waals surface area contributed by atoms with E-state index >= 15 is 0 Å². The fraction of sp³-hybridized carbons (Fsp3) is 0.150. The van der Waals surface area contributed by atoms with Crippen LogP contribution in [0, 0.1) is 0 Å². The molecule has 138 valence electrons. The maximum atomic E-state index is 12.6. The van der Waals surface area contributed by atoms with Gasteiger partial charge in [0.05, 0.1) is 18.0 Å². The van der Waals surface area contributed by atoms with Crippen molar-refractivity contribution in [2.45, 2.75) is 12.5 Å². The average Bonchev–Trinajstić information content (AvgIpc) is 2.91. The number of ketones is 1. The molecule has 1 fully saturated rings. The molecule has 0 bridgehead atoms. The third kappa shape index (κ3) is 3.71. The maximum absolute atomic E-state index is 12.6. The summed E-state index contributed by atoms with van der Waals surface area (Å²) in [4.78, 5) is 37.3. The van der Waals surface area contributed by atoms with Crippen LogP contribution >= 0.6 is 11.6 Å². The summed E-state index contributed by atoms with van der Waals surface area (Å²) in [5.74, 6) is -3.08. The summed E-state index contributed by atoms with van der Waals surface area (Å²) >= 11 is 5.86. The summed E-state index contributed by atoms with van der Waals surface area (Å²) in [7, 11) is 0. The van der Waals surface area contributed by atoms with Crippen LogP contribution in [-0.4, -0.2) is 39.3 Å². The molecule has 0 aromatic heterocycles. The molecule has 3 rings (SSSR count). The Bertz CT molecular complexity index is 921. The molecule has 1 amide bonds. The Morgan fingerprint density at radius 2 is 1.63 bits per heavy atom. The molecule has 1 atom stereocenters. The third-order valence-electron chi connectivity index (χ3n) is 4.34. The minimum absolute atomic E-state index is 0.0705. The number of rotatable bonds is 5. The van der Waals surface area contributed by atoms with Crippen molar-refractivity contribution in [3.8, 4) is 0 Å². The zero-order valence-corrected chi connectivity index (χ0v) is 14.9. The Morgan fingerprint density at radius 1 is 1.00 bits per heavy atom. The molecule has 0 radical (unpaired) electrons. The van der Waals surface area contributed by atoms with Gasteiger partial charge in [0, 0.05) is 17.1 Å². The van der Waals surface area contributed by atoms with E-state index in [9.17, 15) is 19.5 Å². The van der Waals surface area contributed by atoms with E-state index < -0.39 is 23.7 Å². The van der Waals surface area contributed by atoms with Crippen molar-refractivity contribution < 1.29 is 24.6 Å². The highest BCUT2D eigenvalue weighted by molar-refractivity contribution is 6.46. The summed E-state index contributed by atoms with van der Waals surface area (Å²) in [6, 6.07) is 14.1. The van der Waals surface area contributed by atoms with Crippen molar-refractivity contribution in [2.24, 2.45) is 0 Å². The summed E-state index contributed by atoms with van der Waals surface area (Å²) < 4.78 is 0. The average molecular weight is 386 g/mol. The molecule has 7 heteroatoms. The predicted octanol–water partition coefficient (Wildman–Crippen LogP) is 3.24. The number of nitrogens with zero attached hydrogens (tertiary/aromatic N) is 1. The lowest BCUT2D eigenvalue weighted by molar-refractivity contribution is -0.142. The van der Waals surface area contributed by atoms with E-state index in [2.05, 4.69) is 0 Å². The van der Waals surface area contributed by atoms with Crippen LogP contribution < -0.4 is 0 Å². The molecule has 0 aliphatic carbocycles. The number of aliphatic carboxylic acids is 1. The van der Waals surface area contributed by atoms with Crippen LogP contribution in [0.25, 0.3) is 5.76 Å². The van der Waals surface area contributed by atoms with Gasteiger partial charge in [-0.25, -0.2) is 0 Å². The predicted molar refractivity (Wildman–Crippen MR) is 99.2 cm³/mol. The Labute approximate surface area is 160 Å². The lowest BCUT2D eigenvalue weighted by Gasteiger charge is -2.24. The second-order valence-corrected chi connectivity index (χ2v) is 6.49. The first-order valence-corrected chi connectivity index (χ1v) is 8.59. The van der Waals surface area contributed by atoms with Crippen LogP contribution in [0.3, 0.4) is 0 Å². The summed E-state index contributed by atoms with van der Waals surface area (Å²) in [6.45, 7) is -0.142. The fourth-order valence-corrected chi connectivity index (χ4v) is 3.20. The van der Waals surface area contributed by atoms with Gasteiger partial charge in [-0.05, 0) is 29.8 Å². The van der Waals surface area contributed by atoms with Gasteiger partial charge in [0.2, 0.25) is 0 Å². The summed E-state index contributed by atoms with van der Waals surface area (Å²) in [5.41, 5.74) is 0.882. The minimum Gasteiger partial charge on any atom is -0.507 e. The molecule has 1 aliphatic rings. The smallest absolute Gasteiger partial charge is 0.305 e. The summed E-state index contributed by atoms with van der Waals surface area (Å²) in [5, 5.41) is 20.2. The number of amides is 1. The molecule has 6 nitrogen and oxygen atoms in total. The number of benzene rings is 2. The number of halogens is 1. The number of carboxylic acids is 1. The van der Waals surface area contributed by atoms with E-state index in [0.717, 1.165) is 0 Å². The highest BCUT2D eigenvalue weighted by Gasteiger charge is 2.45. The van der Waals surface area contributed by atoms with Crippen molar-refractivity contribution in [3.05, 3.63) is 76.3 Å². The lowest BCUT2D eigenvalue weighted by atomic mass is 9.95. The molecule has 1 heterocycles. The van der Waals surface area contributed by atoms with Crippen molar-refractivity contribution in [1.29, 1.82) is 0 Å². The van der Waals surface area contributed by atoms with E-state index in [-0.39, 0.29) is 24.3 Å². The van der Waals surface area contributed by atoms with E-state index in [0.29, 0.717) is 16.1 Å². The monoisotopic (exact) mass is 385 g/mol. The molecule has 2 N–H and O–H groups in total. The van der Waals surface area contributed by atoms with Gasteiger partial charge < -0.3 is 15.1 Å². The van der Waals surface area contributed by atoms with Gasteiger partial charge in [-0.3, -0.25) is 14.4 Å². The summed E-state index contributed by atoms with van der Waals surface area (Å²) in [6.07, 6.45) is -0.308. The van der Waals surface area contributed by atoms with Crippen LogP contribution in [0.15, 0.2) is 60.2 Å². The van der Waals surface area contributed by atoms with Crippen molar-refractivity contribution in [2.75, 3.05) is 6.54 Å². The molecular weight excluding hydrogens is 370 g/mol. The van der Waals surface area contributed by atoms with Gasteiger partial charge in [-0.1, -0.05) is 41.9 Å². The molecule has 0 spiro atoms. The Hall–Kier alpha value is -3.12. The zero-order chi connectivity index (χ0) is 19.6. The molecule has 1 aliphatic heterocycles. The number of carbonyl (C=O) groups is 3. The first-order valence-electron chi connectivity index (χ1n) is 8.21. The van der Waals surface area contributed by atoms with Crippen molar-refractivity contribution >= 4 is 35.0 Å². The number of aliphatic hydroxyl groups is 1. The SMILES string of the molecule is O=C(O)CCN1C(=O)C(=O)C(=C(O)c2ccc(Cl)cc2)[C@@H]1c1ccccc1. The van der Waals surface area contributed by atoms with E-state index in [1.807, 2.05) is 0 Å². The van der Waals surface area contributed by atoms with Crippen LogP contribution in [0.1, 0.15) is 23.6 Å². The van der Waals surface area contributed by atoms with E-state index in [1.54, 1.807) is 54.6 Å². The van der Waals surface area contributed by atoms with Crippen LogP contribution in [-0.2, 0) is 14.4 Å². The lowest BCUT2D eigenvalue weighted by Crippen LogP contribution is -2.31. The Balaban J connectivity index is 2.13. The minimum atomic E-state index is -1.08. The van der Waals surface area contributed by atoms with Gasteiger partial charge in [-0.2, -0.15) is 0 Å². The highest BCUT2D eigenvalue weighted by Crippen LogP contribution is 2.39. The Kier molecular flexibility index (Phi) is 5.28. The largest absolute Gasteiger partial charge is 0.507 e. The first kappa shape index (κ1) is 18.7. The quantitative estimate of drug-likeness (QED) is 0.468. The van der Waals surface area contributed by atoms with Gasteiger partial charge in [0.15, 0.2) is 0 Å². The fourth-order valence-electron chi connectivity index (χ4n) is 3.07. The second-order valence-electron chi connectivity index (χ2n) is 6.05. The number of likely N-dealkylation sites (tertiary alicyclic amines) is 1. The number of aliphatic hydroxyl groups excluding tert-OH is 1. The number of carbonyl (C=O) groups excluding carboxylic acids is 2. The number of hydrogen-bond acceptors (Lipinski definition) is 4. The molecule has 1 saturated heterocycles. The van der Waals surface area contributed by atoms with Gasteiger partial charge >= 0.3 is 5.97 Å². The normalized spacial score (nSPS) is 18.7. The standard InChI is InChI=1S/C20H16ClNO5/c21-14-8-6-13(7-9-14)18(25)16-17(12-4-2-1-3-5-12)22(11-10-15(23)24)20(27)19(16)26/h1-9,17,25H,10-11H2,(H,23,24)/t17-/m0/s1. The van der Waals surface area contributed by atoms with Gasteiger partial charge in [-0.15, -0.1) is 0 Å². The molecule has 0 unspecified atom stereocenters. The molecule has 27 heavy (non-hydrogen) atoms. The van der Waals surface area contributed by atoms with E-state index in [1.165, 1.54) is 4.90 Å². The number of Topliss-reactive ketones (excluding diaryl/α,β-unsaturated/α-hetero) is 1. The zero-order valence-electron chi connectivity index (χ0n) is 14.1. The molecular formula is C20H16ClNO5. The topological polar surface area (TPSA) is 94.9 Å². The highest BCUT2D eigenvalue weighted by atomic mass is 35.5. The van der Waals surface area contributed by atoms with Crippen LogP contribution in [0.2, 0.25) is 5.02 Å². The molecule has 2 aromatic rings. The van der Waals surface area contributed by atoms with Crippen LogP contribution in [0.4, 0.5) is 0 Å². The van der Waals surface area contributed by atoms with Crippen molar-refractivity contribution in [3.63, 3.8) is 0 Å². The van der Waals surface area contributed by atoms with E-state index in [4.69, 9.17) is 16.7 Å². The van der Waals surface area contributed by atoms with Gasteiger partial charge in [0.25, 0.3) is 11.7 Å². The molecule has 0 saturated carbocycles. The second kappa shape index (κ2) is 7.63. The number of carboxylic acid groups (broad SMARTS) is 1. The third-order valence-corrected chi connectivity index (χ3v) is 4.59. The van der Waals surface area contributed by atoms with Crippen LogP contribution in [0.5, 0.6) is 0 Å². The first-order chi connectivity index (χ1) is 12.9. The maximum Gasteiger partial charge on any atom is 0.305 e. The van der Waals surface area contributed by atoms with Gasteiger partial charge in [0.1, 0.15) is 5.76 Å². The molecule has 2 aromatic carbocycles. The number of hydrogen-bond donors (Lipinski definition) is 2. The van der Waals surface area contributed by atoms with Crippen molar-refractivity contribution in [1.82, 2.24) is 4.90 Å².